The van der Waals surface area contributed by atoms with Crippen molar-refractivity contribution in [1.82, 2.24) is 29.7 Å². The van der Waals surface area contributed by atoms with Gasteiger partial charge in [0.15, 0.2) is 5.82 Å². The van der Waals surface area contributed by atoms with E-state index in [0.29, 0.717) is 54.4 Å². The van der Waals surface area contributed by atoms with Gasteiger partial charge in [0.1, 0.15) is 0 Å². The standard InChI is InChI=1S/C34H48N10O3/c1-5-15-42-16-6-17-43(21-20-42)32-37-30(38-33(39-32)44-22-24-47-25-23-44)26-7-11-28(12-8-26)35-34(46)36-29-13-9-27(10-14-29)31(45)41(4)19-18-40(2)3/h7-14H,5-6,15-25H2,1-4H3,(H2,35,36,46). The summed E-state index contributed by atoms with van der Waals surface area (Å²) in [4.78, 5) is 50.9. The quantitative estimate of drug-likeness (QED) is 0.320. The van der Waals surface area contributed by atoms with E-state index in [2.05, 4.69) is 32.3 Å². The van der Waals surface area contributed by atoms with Gasteiger partial charge in [0, 0.05) is 75.4 Å². The first-order valence-corrected chi connectivity index (χ1v) is 16.5. The smallest absolute Gasteiger partial charge is 0.323 e. The van der Waals surface area contributed by atoms with Crippen LogP contribution in [0.4, 0.5) is 28.1 Å². The molecule has 0 saturated carbocycles. The second kappa shape index (κ2) is 16.5. The number of urea groups is 1. The summed E-state index contributed by atoms with van der Waals surface area (Å²) in [7, 11) is 5.74. The molecule has 2 saturated heterocycles. The van der Waals surface area contributed by atoms with Gasteiger partial charge >= 0.3 is 6.03 Å². The molecule has 47 heavy (non-hydrogen) atoms. The summed E-state index contributed by atoms with van der Waals surface area (Å²) in [5.74, 6) is 1.90. The number of carbonyl (C=O) groups excluding carboxylic acids is 2. The number of benzene rings is 2. The maximum atomic E-state index is 12.8. The lowest BCUT2D eigenvalue weighted by Crippen LogP contribution is -2.38. The fraction of sp³-hybridized carbons (Fsp3) is 0.500. The molecule has 13 nitrogen and oxygen atoms in total. The van der Waals surface area contributed by atoms with Gasteiger partial charge in [-0.15, -0.1) is 0 Å². The lowest BCUT2D eigenvalue weighted by atomic mass is 10.2. The van der Waals surface area contributed by atoms with Crippen LogP contribution in [0.25, 0.3) is 11.4 Å². The number of hydrogen-bond donors (Lipinski definition) is 2. The number of ether oxygens (including phenoxy) is 1. The number of morpholine rings is 1. The molecule has 0 spiro atoms. The highest BCUT2D eigenvalue weighted by atomic mass is 16.5. The van der Waals surface area contributed by atoms with Crippen LogP contribution in [-0.2, 0) is 4.74 Å². The largest absolute Gasteiger partial charge is 0.378 e. The van der Waals surface area contributed by atoms with Gasteiger partial charge in [0.25, 0.3) is 5.91 Å². The average molecular weight is 645 g/mol. The molecule has 13 heteroatoms. The molecule has 3 aromatic rings. The van der Waals surface area contributed by atoms with Crippen LogP contribution in [0.5, 0.6) is 0 Å². The van der Waals surface area contributed by atoms with Gasteiger partial charge in [-0.05, 0) is 88.6 Å². The highest BCUT2D eigenvalue weighted by molar-refractivity contribution is 6.00. The molecule has 0 atom stereocenters. The van der Waals surface area contributed by atoms with E-state index in [1.54, 1.807) is 36.2 Å². The van der Waals surface area contributed by atoms with Crippen molar-refractivity contribution in [2.75, 3.05) is 114 Å². The first-order chi connectivity index (χ1) is 22.8. The van der Waals surface area contributed by atoms with Crippen LogP contribution < -0.4 is 20.4 Å². The Morgan fingerprint density at radius 2 is 1.38 bits per heavy atom. The third-order valence-corrected chi connectivity index (χ3v) is 8.34. The van der Waals surface area contributed by atoms with E-state index in [0.717, 1.165) is 70.8 Å². The molecule has 2 N–H and O–H groups in total. The number of rotatable bonds is 11. The van der Waals surface area contributed by atoms with E-state index in [4.69, 9.17) is 19.7 Å². The van der Waals surface area contributed by atoms with Gasteiger partial charge in [-0.1, -0.05) is 6.92 Å². The zero-order valence-corrected chi connectivity index (χ0v) is 28.1. The second-order valence-electron chi connectivity index (χ2n) is 12.3. The molecule has 3 amide bonds. The van der Waals surface area contributed by atoms with Crippen molar-refractivity contribution < 1.29 is 14.3 Å². The van der Waals surface area contributed by atoms with Gasteiger partial charge in [-0.3, -0.25) is 4.79 Å². The number of aromatic nitrogens is 3. The Balaban J connectivity index is 1.24. The van der Waals surface area contributed by atoms with Crippen molar-refractivity contribution in [2.45, 2.75) is 19.8 Å². The number of carbonyl (C=O) groups is 2. The van der Waals surface area contributed by atoms with Crippen LogP contribution in [0.3, 0.4) is 0 Å². The lowest BCUT2D eigenvalue weighted by Gasteiger charge is -2.28. The van der Waals surface area contributed by atoms with E-state index >= 15 is 0 Å². The molecule has 0 bridgehead atoms. The molecule has 0 radical (unpaired) electrons. The Hall–Kier alpha value is -4.33. The van der Waals surface area contributed by atoms with Crippen LogP contribution in [0.1, 0.15) is 30.1 Å². The van der Waals surface area contributed by atoms with Gasteiger partial charge in [-0.2, -0.15) is 15.0 Å². The van der Waals surface area contributed by atoms with E-state index < -0.39 is 0 Å². The van der Waals surface area contributed by atoms with Crippen molar-refractivity contribution in [3.8, 4) is 11.4 Å². The molecule has 2 aliphatic heterocycles. The van der Waals surface area contributed by atoms with Crippen LogP contribution >= 0.6 is 0 Å². The molecule has 3 heterocycles. The highest BCUT2D eigenvalue weighted by Crippen LogP contribution is 2.24. The molecule has 252 valence electrons. The molecular weight excluding hydrogens is 596 g/mol. The van der Waals surface area contributed by atoms with Gasteiger partial charge < -0.3 is 39.9 Å². The van der Waals surface area contributed by atoms with Crippen molar-refractivity contribution in [3.63, 3.8) is 0 Å². The molecule has 0 unspecified atom stereocenters. The Morgan fingerprint density at radius 3 is 2.00 bits per heavy atom. The number of likely N-dealkylation sites (N-methyl/N-ethyl adjacent to an activating group) is 2. The topological polar surface area (TPSA) is 122 Å². The maximum absolute atomic E-state index is 12.8. The molecule has 1 aromatic heterocycles. The van der Waals surface area contributed by atoms with E-state index in [1.807, 2.05) is 43.3 Å². The zero-order valence-electron chi connectivity index (χ0n) is 28.1. The summed E-state index contributed by atoms with van der Waals surface area (Å²) >= 11 is 0. The van der Waals surface area contributed by atoms with Crippen LogP contribution in [-0.4, -0.2) is 135 Å². The first kappa shape index (κ1) is 34.0. The van der Waals surface area contributed by atoms with E-state index in [1.165, 1.54) is 0 Å². The normalized spacial score (nSPS) is 15.8. The van der Waals surface area contributed by atoms with Crippen LogP contribution in [0.15, 0.2) is 48.5 Å². The maximum Gasteiger partial charge on any atom is 0.323 e. The third kappa shape index (κ3) is 9.60. The van der Waals surface area contributed by atoms with Gasteiger partial charge in [-0.25, -0.2) is 4.79 Å². The number of hydrogen-bond acceptors (Lipinski definition) is 10. The summed E-state index contributed by atoms with van der Waals surface area (Å²) in [6, 6.07) is 14.0. The van der Waals surface area contributed by atoms with Crippen molar-refractivity contribution in [3.05, 3.63) is 54.1 Å². The van der Waals surface area contributed by atoms with Crippen LogP contribution in [0.2, 0.25) is 0 Å². The van der Waals surface area contributed by atoms with Crippen LogP contribution in [0, 0.1) is 0 Å². The summed E-state index contributed by atoms with van der Waals surface area (Å²) in [6.07, 6.45) is 2.21. The third-order valence-electron chi connectivity index (χ3n) is 8.34. The molecule has 2 fully saturated rings. The fourth-order valence-corrected chi connectivity index (χ4v) is 5.60. The van der Waals surface area contributed by atoms with Crippen molar-refractivity contribution >= 4 is 35.2 Å². The minimum absolute atomic E-state index is 0.0599. The Bertz CT molecular complexity index is 1460. The minimum atomic E-state index is -0.379. The van der Waals surface area contributed by atoms with Crippen molar-refractivity contribution in [2.24, 2.45) is 0 Å². The second-order valence-corrected chi connectivity index (χ2v) is 12.3. The highest BCUT2D eigenvalue weighted by Gasteiger charge is 2.22. The Morgan fingerprint density at radius 1 is 0.766 bits per heavy atom. The molecule has 2 aliphatic rings. The summed E-state index contributed by atoms with van der Waals surface area (Å²) in [5, 5.41) is 5.72. The SMILES string of the molecule is CCCN1CCCN(c2nc(-c3ccc(NC(=O)Nc4ccc(C(=O)N(C)CCN(C)C)cc4)cc3)nc(N3CCOCC3)n2)CC1. The molecular formula is C34H48N10O3. The summed E-state index contributed by atoms with van der Waals surface area (Å²) < 4.78 is 5.57. The summed E-state index contributed by atoms with van der Waals surface area (Å²) in [6.45, 7) is 11.3. The lowest BCUT2D eigenvalue weighted by molar-refractivity contribution is 0.0786. The Labute approximate surface area is 277 Å². The van der Waals surface area contributed by atoms with E-state index in [9.17, 15) is 9.59 Å². The first-order valence-electron chi connectivity index (χ1n) is 16.5. The van der Waals surface area contributed by atoms with E-state index in [-0.39, 0.29) is 11.9 Å². The number of amides is 3. The number of anilines is 4. The molecule has 0 aliphatic carbocycles. The zero-order chi connectivity index (χ0) is 33.2. The molecule has 2 aromatic carbocycles. The van der Waals surface area contributed by atoms with Gasteiger partial charge in [0.05, 0.1) is 13.2 Å². The number of nitrogens with zero attached hydrogens (tertiary/aromatic N) is 8. The minimum Gasteiger partial charge on any atom is -0.378 e. The molecule has 5 rings (SSSR count). The Kier molecular flexibility index (Phi) is 11.9. The predicted molar refractivity (Wildman–Crippen MR) is 186 cm³/mol. The van der Waals surface area contributed by atoms with Gasteiger partial charge in [0.2, 0.25) is 11.9 Å². The average Bonchev–Trinajstić information content (AvgIpc) is 3.33. The predicted octanol–water partition coefficient (Wildman–Crippen LogP) is 3.57. The summed E-state index contributed by atoms with van der Waals surface area (Å²) in [5.41, 5.74) is 2.63. The van der Waals surface area contributed by atoms with Crippen molar-refractivity contribution in [1.29, 1.82) is 0 Å². The number of nitrogens with one attached hydrogen (secondary N) is 2. The monoisotopic (exact) mass is 644 g/mol. The fourth-order valence-electron chi connectivity index (χ4n) is 5.60.